The molecule has 1 saturated carbocycles. The van der Waals surface area contributed by atoms with Crippen LogP contribution in [0.3, 0.4) is 0 Å². The molecule has 4 heteroatoms. The molecule has 94 valence electrons. The van der Waals surface area contributed by atoms with Gasteiger partial charge in [-0.1, -0.05) is 0 Å². The second-order valence-electron chi connectivity index (χ2n) is 4.85. The van der Waals surface area contributed by atoms with Crippen LogP contribution in [0.15, 0.2) is 0 Å². The first kappa shape index (κ1) is 12.3. The van der Waals surface area contributed by atoms with Crippen LogP contribution in [0.5, 0.6) is 0 Å². The van der Waals surface area contributed by atoms with Crippen molar-refractivity contribution < 1.29 is 9.47 Å². The van der Waals surface area contributed by atoms with Crippen molar-refractivity contribution in [1.29, 1.82) is 0 Å². The molecule has 16 heavy (non-hydrogen) atoms. The Morgan fingerprint density at radius 2 is 2.06 bits per heavy atom. The van der Waals surface area contributed by atoms with Crippen molar-refractivity contribution in [2.75, 3.05) is 19.7 Å². The van der Waals surface area contributed by atoms with Crippen LogP contribution in [0.25, 0.3) is 0 Å². The molecule has 2 unspecified atom stereocenters. The van der Waals surface area contributed by atoms with Gasteiger partial charge in [-0.2, -0.15) is 0 Å². The van der Waals surface area contributed by atoms with Crippen molar-refractivity contribution in [3.05, 3.63) is 0 Å². The monoisotopic (exact) mass is 228 g/mol. The number of hydrogen-bond acceptors (Lipinski definition) is 4. The van der Waals surface area contributed by atoms with E-state index in [1.165, 1.54) is 0 Å². The Morgan fingerprint density at radius 3 is 2.69 bits per heavy atom. The van der Waals surface area contributed by atoms with E-state index in [-0.39, 0.29) is 0 Å². The van der Waals surface area contributed by atoms with Crippen molar-refractivity contribution in [2.24, 2.45) is 5.73 Å². The lowest BCUT2D eigenvalue weighted by Crippen LogP contribution is -2.47. The van der Waals surface area contributed by atoms with Crippen molar-refractivity contribution in [2.45, 2.75) is 57.0 Å². The fraction of sp³-hybridized carbons (Fsp3) is 1.00. The molecule has 0 bridgehead atoms. The summed E-state index contributed by atoms with van der Waals surface area (Å²) in [5, 5.41) is 3.55. The fourth-order valence-corrected chi connectivity index (χ4v) is 2.51. The van der Waals surface area contributed by atoms with Gasteiger partial charge in [-0.05, 0) is 32.6 Å². The summed E-state index contributed by atoms with van der Waals surface area (Å²) in [5.74, 6) is 0. The minimum atomic E-state index is 0.296. The number of rotatable bonds is 6. The lowest BCUT2D eigenvalue weighted by molar-refractivity contribution is -0.0154. The van der Waals surface area contributed by atoms with Crippen molar-refractivity contribution in [1.82, 2.24) is 5.32 Å². The molecule has 3 N–H and O–H groups in total. The molecule has 1 heterocycles. The average Bonchev–Trinajstić information content (AvgIpc) is 2.69. The molecule has 0 amide bonds. The van der Waals surface area contributed by atoms with E-state index in [1.54, 1.807) is 0 Å². The van der Waals surface area contributed by atoms with Gasteiger partial charge in [-0.25, -0.2) is 0 Å². The highest BCUT2D eigenvalue weighted by Gasteiger charge is 2.31. The molecular formula is C12H24N2O2. The Hall–Kier alpha value is -0.160. The van der Waals surface area contributed by atoms with Crippen LogP contribution in [0.2, 0.25) is 0 Å². The first-order chi connectivity index (χ1) is 7.81. The SMILES string of the molecule is CCOC1CC(NCC2CCC(CN)O2)C1. The van der Waals surface area contributed by atoms with Crippen molar-refractivity contribution in [3.63, 3.8) is 0 Å². The standard InChI is InChI=1S/C12H24N2O2/c1-2-15-12-5-9(6-12)14-8-11-4-3-10(7-13)16-11/h9-12,14H,2-8,13H2,1H3. The minimum absolute atomic E-state index is 0.296. The van der Waals surface area contributed by atoms with E-state index in [4.69, 9.17) is 15.2 Å². The third-order valence-corrected chi connectivity index (χ3v) is 3.59. The summed E-state index contributed by atoms with van der Waals surface area (Å²) in [6, 6.07) is 0.636. The summed E-state index contributed by atoms with van der Waals surface area (Å²) in [4.78, 5) is 0. The van der Waals surface area contributed by atoms with Gasteiger partial charge in [-0.15, -0.1) is 0 Å². The minimum Gasteiger partial charge on any atom is -0.378 e. The van der Waals surface area contributed by atoms with E-state index >= 15 is 0 Å². The molecule has 1 aliphatic carbocycles. The van der Waals surface area contributed by atoms with Gasteiger partial charge < -0.3 is 20.5 Å². The van der Waals surface area contributed by atoms with E-state index in [1.807, 2.05) is 0 Å². The Balaban J connectivity index is 1.53. The van der Waals surface area contributed by atoms with Gasteiger partial charge in [-0.3, -0.25) is 0 Å². The predicted octanol–water partition coefficient (Wildman–Crippen LogP) is 0.650. The van der Waals surface area contributed by atoms with Crippen LogP contribution in [0.4, 0.5) is 0 Å². The van der Waals surface area contributed by atoms with E-state index in [0.717, 1.165) is 38.8 Å². The summed E-state index contributed by atoms with van der Waals surface area (Å²) in [6.07, 6.45) is 5.74. The Morgan fingerprint density at radius 1 is 1.31 bits per heavy atom. The van der Waals surface area contributed by atoms with Crippen molar-refractivity contribution >= 4 is 0 Å². The summed E-state index contributed by atoms with van der Waals surface area (Å²) in [6.45, 7) is 4.52. The zero-order valence-corrected chi connectivity index (χ0v) is 10.2. The van der Waals surface area contributed by atoms with Gasteiger partial charge in [0.15, 0.2) is 0 Å². The first-order valence-corrected chi connectivity index (χ1v) is 6.52. The number of ether oxygens (including phenoxy) is 2. The fourth-order valence-electron chi connectivity index (χ4n) is 2.51. The van der Waals surface area contributed by atoms with Crippen LogP contribution in [-0.2, 0) is 9.47 Å². The molecule has 2 atom stereocenters. The highest BCUT2D eigenvalue weighted by atomic mass is 16.5. The molecular weight excluding hydrogens is 204 g/mol. The molecule has 2 rings (SSSR count). The Kier molecular flexibility index (Phi) is 4.58. The third kappa shape index (κ3) is 3.17. The van der Waals surface area contributed by atoms with E-state index < -0.39 is 0 Å². The van der Waals surface area contributed by atoms with Crippen molar-refractivity contribution in [3.8, 4) is 0 Å². The Labute approximate surface area is 97.9 Å². The largest absolute Gasteiger partial charge is 0.378 e. The van der Waals surface area contributed by atoms with Gasteiger partial charge in [0, 0.05) is 25.7 Å². The van der Waals surface area contributed by atoms with Crippen LogP contribution in [0.1, 0.15) is 32.6 Å². The molecule has 0 spiro atoms. The molecule has 2 fully saturated rings. The average molecular weight is 228 g/mol. The lowest BCUT2D eigenvalue weighted by atomic mass is 9.89. The maximum absolute atomic E-state index is 5.79. The zero-order valence-electron chi connectivity index (χ0n) is 10.2. The van der Waals surface area contributed by atoms with Gasteiger partial charge in [0.2, 0.25) is 0 Å². The molecule has 1 saturated heterocycles. The molecule has 1 aliphatic heterocycles. The predicted molar refractivity (Wildman–Crippen MR) is 63.4 cm³/mol. The normalized spacial score (nSPS) is 38.6. The second kappa shape index (κ2) is 5.96. The summed E-state index contributed by atoms with van der Waals surface area (Å²) < 4.78 is 11.3. The van der Waals surface area contributed by atoms with E-state index in [2.05, 4.69) is 12.2 Å². The first-order valence-electron chi connectivity index (χ1n) is 6.52. The number of nitrogens with two attached hydrogens (primary N) is 1. The van der Waals surface area contributed by atoms with Crippen LogP contribution in [0, 0.1) is 0 Å². The van der Waals surface area contributed by atoms with E-state index in [0.29, 0.717) is 30.9 Å². The molecule has 0 radical (unpaired) electrons. The summed E-state index contributed by atoms with van der Waals surface area (Å²) in [5.41, 5.74) is 5.58. The molecule has 0 aromatic heterocycles. The second-order valence-corrected chi connectivity index (χ2v) is 4.85. The maximum atomic E-state index is 5.79. The molecule has 2 aliphatic rings. The van der Waals surface area contributed by atoms with Crippen LogP contribution < -0.4 is 11.1 Å². The van der Waals surface area contributed by atoms with E-state index in [9.17, 15) is 0 Å². The smallest absolute Gasteiger partial charge is 0.0704 e. The summed E-state index contributed by atoms with van der Waals surface area (Å²) >= 11 is 0. The number of hydrogen-bond donors (Lipinski definition) is 2. The molecule has 0 aromatic carbocycles. The van der Waals surface area contributed by atoms with Gasteiger partial charge in [0.1, 0.15) is 0 Å². The highest BCUT2D eigenvalue weighted by molar-refractivity contribution is 4.87. The van der Waals surface area contributed by atoms with Crippen LogP contribution >= 0.6 is 0 Å². The maximum Gasteiger partial charge on any atom is 0.0704 e. The van der Waals surface area contributed by atoms with Gasteiger partial charge in [0.25, 0.3) is 0 Å². The highest BCUT2D eigenvalue weighted by Crippen LogP contribution is 2.24. The van der Waals surface area contributed by atoms with Gasteiger partial charge >= 0.3 is 0 Å². The van der Waals surface area contributed by atoms with Gasteiger partial charge in [0.05, 0.1) is 18.3 Å². The Bertz CT molecular complexity index is 207. The zero-order chi connectivity index (χ0) is 11.4. The quantitative estimate of drug-likeness (QED) is 0.701. The molecule has 0 aromatic rings. The number of nitrogens with one attached hydrogen (secondary N) is 1. The van der Waals surface area contributed by atoms with Crippen LogP contribution in [-0.4, -0.2) is 44.1 Å². The topological polar surface area (TPSA) is 56.5 Å². The summed E-state index contributed by atoms with van der Waals surface area (Å²) in [7, 11) is 0. The molecule has 4 nitrogen and oxygen atoms in total. The lowest BCUT2D eigenvalue weighted by Gasteiger charge is -2.36. The third-order valence-electron chi connectivity index (χ3n) is 3.59.